The molecule has 0 bridgehead atoms. The summed E-state index contributed by atoms with van der Waals surface area (Å²) in [5.74, 6) is -4.46. The Kier molecular flexibility index (Phi) is 10.4. The molecule has 1 aromatic carbocycles. The van der Waals surface area contributed by atoms with Crippen LogP contribution in [-0.4, -0.2) is 94.2 Å². The van der Waals surface area contributed by atoms with Gasteiger partial charge in [0.05, 0.1) is 29.8 Å². The molecule has 1 saturated carbocycles. The van der Waals surface area contributed by atoms with Crippen molar-refractivity contribution in [1.29, 1.82) is 0 Å². The van der Waals surface area contributed by atoms with Crippen LogP contribution >= 0.6 is 11.6 Å². The first-order valence-electron chi connectivity index (χ1n) is 15.0. The number of hydrogen-bond donors (Lipinski definition) is 2. The van der Waals surface area contributed by atoms with Gasteiger partial charge in [-0.15, -0.1) is 0 Å². The number of pyridine rings is 1. The lowest BCUT2D eigenvalue weighted by molar-refractivity contribution is -0.163. The van der Waals surface area contributed by atoms with Gasteiger partial charge in [0.25, 0.3) is 5.91 Å². The number of nitrogens with two attached hydrogens (primary N) is 1. The van der Waals surface area contributed by atoms with Gasteiger partial charge in [-0.05, 0) is 71.1 Å². The standard InChI is InChI=1S/C31H39ClN4O9/c1-5-43-30(42)36-13-11-35(12-14-36)28(39)19(7-8-23(37)44-17(2)3)25-24(27(33)38)26(45-31(29(40)41)9-6-10-31)20-16-21(32)18(4)15-22(20)34-25/h15-17,19H,5-14H2,1-4H3,(H2,33,38)(H,40,41). The molecule has 1 atom stereocenters. The van der Waals surface area contributed by atoms with Crippen LogP contribution < -0.4 is 10.5 Å². The number of carboxylic acid groups (broad SMARTS) is 1. The Morgan fingerprint density at radius 3 is 2.27 bits per heavy atom. The predicted octanol–water partition coefficient (Wildman–Crippen LogP) is 3.80. The van der Waals surface area contributed by atoms with Crippen molar-refractivity contribution in [3.05, 3.63) is 34.0 Å². The van der Waals surface area contributed by atoms with Gasteiger partial charge in [-0.25, -0.2) is 9.59 Å². The lowest BCUT2D eigenvalue weighted by Gasteiger charge is -2.39. The molecule has 2 aliphatic rings. The fraction of sp³-hybridized carbons (Fsp3) is 0.548. The normalized spacial score (nSPS) is 16.6. The number of benzene rings is 1. The first-order valence-corrected chi connectivity index (χ1v) is 15.4. The number of fused-ring (bicyclic) bond motifs is 1. The molecule has 1 aromatic heterocycles. The quantitative estimate of drug-likeness (QED) is 0.341. The smallest absolute Gasteiger partial charge is 0.409 e. The summed E-state index contributed by atoms with van der Waals surface area (Å²) in [6, 6.07) is 3.18. The SMILES string of the molecule is CCOC(=O)N1CCN(C(=O)C(CCC(=O)OC(C)C)c2nc3cc(C)c(Cl)cc3c(OC3(C(=O)O)CCC3)c2C(N)=O)CC1. The second kappa shape index (κ2) is 13.9. The third-order valence-electron chi connectivity index (χ3n) is 8.09. The number of nitrogens with zero attached hydrogens (tertiary/aromatic N) is 3. The number of carbonyl (C=O) groups is 5. The third-order valence-corrected chi connectivity index (χ3v) is 8.50. The Bertz CT molecular complexity index is 1500. The molecule has 13 nitrogen and oxygen atoms in total. The van der Waals surface area contributed by atoms with Crippen LogP contribution in [0, 0.1) is 6.92 Å². The number of halogens is 1. The maximum absolute atomic E-state index is 14.2. The van der Waals surface area contributed by atoms with Crippen LogP contribution in [0.4, 0.5) is 4.79 Å². The van der Waals surface area contributed by atoms with Gasteiger partial charge in [-0.1, -0.05) is 11.6 Å². The second-order valence-electron chi connectivity index (χ2n) is 11.6. The first kappa shape index (κ1) is 33.8. The van der Waals surface area contributed by atoms with E-state index in [0.717, 1.165) is 0 Å². The number of carboxylic acids is 1. The Morgan fingerprint density at radius 2 is 1.73 bits per heavy atom. The van der Waals surface area contributed by atoms with Crippen molar-refractivity contribution in [2.24, 2.45) is 5.73 Å². The van der Waals surface area contributed by atoms with E-state index in [-0.39, 0.29) is 87.0 Å². The maximum Gasteiger partial charge on any atom is 0.409 e. The van der Waals surface area contributed by atoms with E-state index in [0.29, 0.717) is 22.5 Å². The van der Waals surface area contributed by atoms with Crippen LogP contribution in [0.15, 0.2) is 12.1 Å². The van der Waals surface area contributed by atoms with Crippen LogP contribution in [0.2, 0.25) is 5.02 Å². The molecule has 45 heavy (non-hydrogen) atoms. The summed E-state index contributed by atoms with van der Waals surface area (Å²) in [7, 11) is 0. The molecular weight excluding hydrogens is 608 g/mol. The molecule has 0 spiro atoms. The number of ether oxygens (including phenoxy) is 3. The highest BCUT2D eigenvalue weighted by molar-refractivity contribution is 6.32. The van der Waals surface area contributed by atoms with Crippen LogP contribution in [0.3, 0.4) is 0 Å². The van der Waals surface area contributed by atoms with Crippen molar-refractivity contribution in [2.45, 2.75) is 77.4 Å². The molecule has 1 aliphatic carbocycles. The number of carbonyl (C=O) groups excluding carboxylic acids is 4. The zero-order valence-electron chi connectivity index (χ0n) is 25.9. The van der Waals surface area contributed by atoms with E-state index < -0.39 is 41.4 Å². The number of esters is 1. The monoisotopic (exact) mass is 646 g/mol. The van der Waals surface area contributed by atoms with E-state index in [9.17, 15) is 29.1 Å². The Hall–Kier alpha value is -4.13. The molecule has 1 aliphatic heterocycles. The molecule has 3 amide bonds. The fourth-order valence-electron chi connectivity index (χ4n) is 5.53. The molecule has 14 heteroatoms. The topological polar surface area (TPSA) is 179 Å². The number of rotatable bonds is 11. The molecule has 2 heterocycles. The van der Waals surface area contributed by atoms with Crippen LogP contribution in [0.25, 0.3) is 10.9 Å². The molecule has 1 saturated heterocycles. The average molecular weight is 647 g/mol. The number of hydrogen-bond acceptors (Lipinski definition) is 9. The van der Waals surface area contributed by atoms with E-state index in [4.69, 9.17) is 36.5 Å². The Balaban J connectivity index is 1.84. The summed E-state index contributed by atoms with van der Waals surface area (Å²) >= 11 is 6.44. The van der Waals surface area contributed by atoms with Gasteiger partial charge in [-0.2, -0.15) is 0 Å². The Labute approximate surface area is 265 Å². The van der Waals surface area contributed by atoms with Gasteiger partial charge in [0.2, 0.25) is 11.5 Å². The van der Waals surface area contributed by atoms with Gasteiger partial charge >= 0.3 is 18.0 Å². The van der Waals surface area contributed by atoms with E-state index in [2.05, 4.69) is 0 Å². The van der Waals surface area contributed by atoms with E-state index >= 15 is 0 Å². The summed E-state index contributed by atoms with van der Waals surface area (Å²) in [5, 5.41) is 10.7. The number of aryl methyl sites for hydroxylation is 1. The van der Waals surface area contributed by atoms with Gasteiger partial charge in [0, 0.05) is 43.0 Å². The van der Waals surface area contributed by atoms with E-state index in [1.165, 1.54) is 15.9 Å². The lowest BCUT2D eigenvalue weighted by atomic mass is 9.80. The highest BCUT2D eigenvalue weighted by atomic mass is 35.5. The lowest BCUT2D eigenvalue weighted by Crippen LogP contribution is -2.52. The van der Waals surface area contributed by atoms with Gasteiger partial charge in [-0.3, -0.25) is 19.4 Å². The minimum absolute atomic E-state index is 0.0400. The van der Waals surface area contributed by atoms with Crippen molar-refractivity contribution >= 4 is 52.4 Å². The highest BCUT2D eigenvalue weighted by Crippen LogP contribution is 2.44. The van der Waals surface area contributed by atoms with Crippen molar-refractivity contribution < 1.29 is 43.3 Å². The minimum atomic E-state index is -1.60. The van der Waals surface area contributed by atoms with Crippen molar-refractivity contribution in [3.63, 3.8) is 0 Å². The molecular formula is C31H39ClN4O9. The second-order valence-corrected chi connectivity index (χ2v) is 12.0. The van der Waals surface area contributed by atoms with Crippen molar-refractivity contribution in [2.75, 3.05) is 32.8 Å². The average Bonchev–Trinajstić information content (AvgIpc) is 2.95. The van der Waals surface area contributed by atoms with E-state index in [1.54, 1.807) is 33.8 Å². The minimum Gasteiger partial charge on any atom is -0.478 e. The zero-order valence-corrected chi connectivity index (χ0v) is 26.6. The van der Waals surface area contributed by atoms with Crippen molar-refractivity contribution in [1.82, 2.24) is 14.8 Å². The molecule has 2 aromatic rings. The molecule has 0 radical (unpaired) electrons. The fourth-order valence-corrected chi connectivity index (χ4v) is 5.70. The highest BCUT2D eigenvalue weighted by Gasteiger charge is 2.48. The van der Waals surface area contributed by atoms with E-state index in [1.807, 2.05) is 0 Å². The van der Waals surface area contributed by atoms with Crippen LogP contribution in [0.5, 0.6) is 5.75 Å². The molecule has 1 unspecified atom stereocenters. The third kappa shape index (κ3) is 7.24. The molecule has 2 fully saturated rings. The molecule has 3 N–H and O–H groups in total. The zero-order chi connectivity index (χ0) is 33.1. The van der Waals surface area contributed by atoms with Crippen LogP contribution in [-0.2, 0) is 23.9 Å². The summed E-state index contributed by atoms with van der Waals surface area (Å²) in [5.41, 5.74) is 4.99. The summed E-state index contributed by atoms with van der Waals surface area (Å²) in [6.45, 7) is 7.86. The largest absolute Gasteiger partial charge is 0.478 e. The van der Waals surface area contributed by atoms with Crippen molar-refractivity contribution in [3.8, 4) is 5.75 Å². The van der Waals surface area contributed by atoms with Crippen LogP contribution in [0.1, 0.15) is 80.4 Å². The number of aromatic nitrogens is 1. The number of amides is 3. The van der Waals surface area contributed by atoms with Gasteiger partial charge < -0.3 is 34.9 Å². The van der Waals surface area contributed by atoms with Gasteiger partial charge in [0.1, 0.15) is 11.3 Å². The van der Waals surface area contributed by atoms with Gasteiger partial charge in [0.15, 0.2) is 0 Å². The Morgan fingerprint density at radius 1 is 1.09 bits per heavy atom. The predicted molar refractivity (Wildman–Crippen MR) is 163 cm³/mol. The molecule has 244 valence electrons. The summed E-state index contributed by atoms with van der Waals surface area (Å²) < 4.78 is 16.6. The number of piperazine rings is 1. The summed E-state index contributed by atoms with van der Waals surface area (Å²) in [4.78, 5) is 72.4. The molecule has 4 rings (SSSR count). The first-order chi connectivity index (χ1) is 21.3. The summed E-state index contributed by atoms with van der Waals surface area (Å²) in [6.07, 6.45) is -0.123. The maximum atomic E-state index is 14.2. The number of aliphatic carboxylic acids is 1. The number of primary amides is 1.